The number of hydrogen-bond donors (Lipinski definition) is 0. The lowest BCUT2D eigenvalue weighted by Crippen LogP contribution is -2.48. The quantitative estimate of drug-likeness (QED) is 0.461. The van der Waals surface area contributed by atoms with Crippen LogP contribution in [0.3, 0.4) is 0 Å². The molecule has 24 heavy (non-hydrogen) atoms. The molecule has 7 nitrogen and oxygen atoms in total. The SMILES string of the molecule is CCOC(=O)[C@@H]1OC2(O[C@H]1C(=O)OCC)C(Br)=C(Br)[C@H]1C=C[C@@H]2O1. The molecule has 0 aromatic rings. The zero-order valence-electron chi connectivity index (χ0n) is 13.0. The summed E-state index contributed by atoms with van der Waals surface area (Å²) >= 11 is 6.88. The molecule has 0 aliphatic carbocycles. The van der Waals surface area contributed by atoms with Gasteiger partial charge < -0.3 is 23.7 Å². The maximum absolute atomic E-state index is 12.2. The van der Waals surface area contributed by atoms with Gasteiger partial charge in [-0.05, 0) is 29.8 Å². The summed E-state index contributed by atoms with van der Waals surface area (Å²) in [6, 6.07) is 0. The first-order valence-electron chi connectivity index (χ1n) is 7.53. The number of ether oxygens (including phenoxy) is 5. The van der Waals surface area contributed by atoms with Crippen LogP contribution in [-0.4, -0.2) is 55.4 Å². The molecule has 2 bridgehead atoms. The van der Waals surface area contributed by atoms with Crippen molar-refractivity contribution in [3.63, 3.8) is 0 Å². The van der Waals surface area contributed by atoms with Crippen LogP contribution in [0.25, 0.3) is 0 Å². The zero-order valence-corrected chi connectivity index (χ0v) is 16.2. The minimum absolute atomic E-state index is 0.157. The highest BCUT2D eigenvalue weighted by molar-refractivity contribution is 9.14. The average Bonchev–Trinajstić information content (AvgIpc) is 3.17. The summed E-state index contributed by atoms with van der Waals surface area (Å²) in [6.45, 7) is 3.65. The minimum Gasteiger partial charge on any atom is -0.464 e. The molecule has 3 rings (SSSR count). The van der Waals surface area contributed by atoms with Crippen LogP contribution in [0.5, 0.6) is 0 Å². The number of esters is 2. The van der Waals surface area contributed by atoms with E-state index in [9.17, 15) is 9.59 Å². The minimum atomic E-state index is -1.45. The molecule has 3 aliphatic rings. The molecule has 0 aromatic heterocycles. The Morgan fingerprint density at radius 1 is 1.08 bits per heavy atom. The Labute approximate surface area is 155 Å². The van der Waals surface area contributed by atoms with Gasteiger partial charge in [0.15, 0.2) is 12.2 Å². The van der Waals surface area contributed by atoms with E-state index in [-0.39, 0.29) is 19.3 Å². The molecule has 4 atom stereocenters. The number of rotatable bonds is 4. The lowest BCUT2D eigenvalue weighted by atomic mass is 10.1. The molecule has 3 aliphatic heterocycles. The van der Waals surface area contributed by atoms with E-state index in [0.29, 0.717) is 8.96 Å². The highest BCUT2D eigenvalue weighted by Gasteiger charge is 2.63. The number of carbonyl (C=O) groups excluding carboxylic acids is 2. The smallest absolute Gasteiger partial charge is 0.338 e. The van der Waals surface area contributed by atoms with Crippen LogP contribution < -0.4 is 0 Å². The summed E-state index contributed by atoms with van der Waals surface area (Å²) < 4.78 is 28.8. The Bertz CT molecular complexity index is 589. The van der Waals surface area contributed by atoms with Gasteiger partial charge in [0, 0.05) is 4.48 Å². The molecule has 9 heteroatoms. The Kier molecular flexibility index (Phi) is 5.17. The van der Waals surface area contributed by atoms with Crippen molar-refractivity contribution in [2.45, 2.75) is 44.1 Å². The molecule has 0 saturated carbocycles. The highest BCUT2D eigenvalue weighted by atomic mass is 79.9. The van der Waals surface area contributed by atoms with E-state index in [1.54, 1.807) is 19.9 Å². The van der Waals surface area contributed by atoms with Crippen molar-refractivity contribution >= 4 is 43.8 Å². The van der Waals surface area contributed by atoms with E-state index in [1.807, 2.05) is 6.08 Å². The summed E-state index contributed by atoms with van der Waals surface area (Å²) in [5.74, 6) is -2.82. The standard InChI is InChI=1S/C15H16Br2O7/c1-3-20-13(18)10-11(14(19)21-4-2)24-15(23-10)8-6-5-7(22-8)9(16)12(15)17/h5-8,10-11H,3-4H2,1-2H3/t7-,8+,10-,11-/m1/s1. The third-order valence-corrected chi connectivity index (χ3v) is 6.17. The molecular formula is C15H16Br2O7. The van der Waals surface area contributed by atoms with Crippen LogP contribution in [0, 0.1) is 0 Å². The van der Waals surface area contributed by atoms with Gasteiger partial charge in [-0.25, -0.2) is 9.59 Å². The highest BCUT2D eigenvalue weighted by Crippen LogP contribution is 2.51. The van der Waals surface area contributed by atoms with Gasteiger partial charge in [0.2, 0.25) is 5.79 Å². The summed E-state index contributed by atoms with van der Waals surface area (Å²) in [5, 5.41) is 0. The number of hydrogen-bond acceptors (Lipinski definition) is 7. The zero-order chi connectivity index (χ0) is 17.5. The molecule has 0 amide bonds. The van der Waals surface area contributed by atoms with Crippen molar-refractivity contribution in [3.8, 4) is 0 Å². The lowest BCUT2D eigenvalue weighted by Gasteiger charge is -2.37. The van der Waals surface area contributed by atoms with E-state index < -0.39 is 36.0 Å². The third-order valence-electron chi connectivity index (χ3n) is 3.81. The van der Waals surface area contributed by atoms with Gasteiger partial charge in [-0.15, -0.1) is 0 Å². The van der Waals surface area contributed by atoms with E-state index in [0.717, 1.165) is 0 Å². The van der Waals surface area contributed by atoms with Crippen LogP contribution >= 0.6 is 31.9 Å². The van der Waals surface area contributed by atoms with Gasteiger partial charge >= 0.3 is 11.9 Å². The Morgan fingerprint density at radius 2 is 1.62 bits per heavy atom. The molecule has 0 N–H and O–H groups in total. The van der Waals surface area contributed by atoms with Crippen LogP contribution in [0.2, 0.25) is 0 Å². The van der Waals surface area contributed by atoms with Crippen LogP contribution in [0.1, 0.15) is 13.8 Å². The van der Waals surface area contributed by atoms with Gasteiger partial charge in [0.1, 0.15) is 12.2 Å². The summed E-state index contributed by atoms with van der Waals surface area (Å²) in [7, 11) is 0. The van der Waals surface area contributed by atoms with E-state index in [1.165, 1.54) is 0 Å². The van der Waals surface area contributed by atoms with Crippen molar-refractivity contribution in [2.75, 3.05) is 13.2 Å². The van der Waals surface area contributed by atoms with E-state index in [2.05, 4.69) is 31.9 Å². The largest absolute Gasteiger partial charge is 0.464 e. The fourth-order valence-electron chi connectivity index (χ4n) is 2.79. The third kappa shape index (κ3) is 2.76. The molecule has 1 saturated heterocycles. The number of carbonyl (C=O) groups is 2. The van der Waals surface area contributed by atoms with Gasteiger partial charge in [-0.1, -0.05) is 28.1 Å². The van der Waals surface area contributed by atoms with Crippen LogP contribution in [0.4, 0.5) is 0 Å². The Morgan fingerprint density at radius 3 is 2.12 bits per heavy atom. The second-order valence-electron chi connectivity index (χ2n) is 5.27. The summed E-state index contributed by atoms with van der Waals surface area (Å²) in [4.78, 5) is 24.5. The first-order valence-corrected chi connectivity index (χ1v) is 9.11. The van der Waals surface area contributed by atoms with Gasteiger partial charge in [-0.3, -0.25) is 0 Å². The predicted octanol–water partition coefficient (Wildman–Crippen LogP) is 1.93. The molecule has 0 radical (unpaired) electrons. The summed E-state index contributed by atoms with van der Waals surface area (Å²) in [6.07, 6.45) is 0.265. The average molecular weight is 468 g/mol. The normalized spacial score (nSPS) is 33.2. The van der Waals surface area contributed by atoms with E-state index >= 15 is 0 Å². The Balaban J connectivity index is 1.97. The topological polar surface area (TPSA) is 80.3 Å². The van der Waals surface area contributed by atoms with Gasteiger partial charge in [-0.2, -0.15) is 0 Å². The number of fused-ring (bicyclic) bond motifs is 3. The molecule has 1 spiro atoms. The van der Waals surface area contributed by atoms with E-state index in [4.69, 9.17) is 23.7 Å². The first kappa shape index (κ1) is 18.1. The monoisotopic (exact) mass is 466 g/mol. The maximum Gasteiger partial charge on any atom is 0.338 e. The fourth-order valence-corrected chi connectivity index (χ4v) is 3.96. The van der Waals surface area contributed by atoms with Crippen molar-refractivity contribution in [3.05, 3.63) is 21.1 Å². The van der Waals surface area contributed by atoms with Crippen LogP contribution in [-0.2, 0) is 33.3 Å². The van der Waals surface area contributed by atoms with Crippen molar-refractivity contribution < 1.29 is 33.3 Å². The second-order valence-corrected chi connectivity index (χ2v) is 6.92. The van der Waals surface area contributed by atoms with Crippen molar-refractivity contribution in [2.24, 2.45) is 0 Å². The van der Waals surface area contributed by atoms with Crippen molar-refractivity contribution in [1.82, 2.24) is 0 Å². The molecular weight excluding hydrogens is 452 g/mol. The van der Waals surface area contributed by atoms with Gasteiger partial charge in [0.25, 0.3) is 0 Å². The van der Waals surface area contributed by atoms with Crippen molar-refractivity contribution in [1.29, 1.82) is 0 Å². The molecule has 132 valence electrons. The maximum atomic E-state index is 12.2. The molecule has 0 aromatic carbocycles. The Hall–Kier alpha value is -0.740. The summed E-state index contributed by atoms with van der Waals surface area (Å²) in [5.41, 5.74) is 0. The first-order chi connectivity index (χ1) is 11.4. The molecule has 1 fully saturated rings. The molecule has 3 heterocycles. The molecule has 0 unspecified atom stereocenters. The lowest BCUT2D eigenvalue weighted by molar-refractivity contribution is -0.214. The van der Waals surface area contributed by atoms with Gasteiger partial charge in [0.05, 0.1) is 17.7 Å². The predicted molar refractivity (Wildman–Crippen MR) is 88.4 cm³/mol. The number of halogens is 2. The fraction of sp³-hybridized carbons (Fsp3) is 0.600. The van der Waals surface area contributed by atoms with Crippen LogP contribution in [0.15, 0.2) is 21.1 Å². The second kappa shape index (κ2) is 6.87.